The standard InChI is InChI=1S/C14H17BrN2O3/c15-11-8-10(14(19)20)1-2-12(11)17-5-3-9(4-6-17)7-13(16)18/h1-2,8-9H,3-7H2,(H2,16,18)(H,19,20). The number of rotatable bonds is 4. The fourth-order valence-electron chi connectivity index (χ4n) is 2.56. The lowest BCUT2D eigenvalue weighted by Gasteiger charge is -2.33. The van der Waals surface area contributed by atoms with Gasteiger partial charge in [0, 0.05) is 24.0 Å². The second kappa shape index (κ2) is 6.26. The molecule has 3 N–H and O–H groups in total. The van der Waals surface area contributed by atoms with E-state index >= 15 is 0 Å². The molecule has 0 unspecified atom stereocenters. The van der Waals surface area contributed by atoms with E-state index in [1.807, 2.05) is 6.07 Å². The molecule has 1 heterocycles. The number of carbonyl (C=O) groups excluding carboxylic acids is 1. The fourth-order valence-corrected chi connectivity index (χ4v) is 3.19. The summed E-state index contributed by atoms with van der Waals surface area (Å²) in [6, 6.07) is 5.05. The second-order valence-corrected chi connectivity index (χ2v) is 5.93. The largest absolute Gasteiger partial charge is 0.478 e. The Hall–Kier alpha value is -1.56. The molecule has 0 saturated carbocycles. The number of hydrogen-bond donors (Lipinski definition) is 2. The number of carboxylic acid groups (broad SMARTS) is 1. The van der Waals surface area contributed by atoms with Gasteiger partial charge in [-0.3, -0.25) is 4.79 Å². The van der Waals surface area contributed by atoms with Gasteiger partial charge in [0.25, 0.3) is 0 Å². The van der Waals surface area contributed by atoms with Gasteiger partial charge in [0.2, 0.25) is 5.91 Å². The van der Waals surface area contributed by atoms with Gasteiger partial charge < -0.3 is 15.7 Å². The van der Waals surface area contributed by atoms with Crippen molar-refractivity contribution in [3.8, 4) is 0 Å². The van der Waals surface area contributed by atoms with Gasteiger partial charge in [-0.1, -0.05) is 0 Å². The van der Waals surface area contributed by atoms with E-state index in [1.165, 1.54) is 0 Å². The summed E-state index contributed by atoms with van der Waals surface area (Å²) in [6.07, 6.45) is 2.30. The molecular weight excluding hydrogens is 324 g/mol. The first-order chi connectivity index (χ1) is 9.47. The summed E-state index contributed by atoms with van der Waals surface area (Å²) in [5.74, 6) is -0.811. The average Bonchev–Trinajstić information content (AvgIpc) is 2.39. The summed E-state index contributed by atoms with van der Waals surface area (Å²) < 4.78 is 0.783. The minimum absolute atomic E-state index is 0.240. The number of nitrogens with two attached hydrogens (primary N) is 1. The number of anilines is 1. The molecular formula is C14H17BrN2O3. The maximum Gasteiger partial charge on any atom is 0.335 e. The number of primary amides is 1. The van der Waals surface area contributed by atoms with Crippen LogP contribution in [0.5, 0.6) is 0 Å². The van der Waals surface area contributed by atoms with E-state index in [2.05, 4.69) is 20.8 Å². The lowest BCUT2D eigenvalue weighted by Crippen LogP contribution is -2.35. The zero-order chi connectivity index (χ0) is 14.7. The predicted molar refractivity (Wildman–Crippen MR) is 79.8 cm³/mol. The Kier molecular flexibility index (Phi) is 4.65. The van der Waals surface area contributed by atoms with Crippen LogP contribution in [0.3, 0.4) is 0 Å². The average molecular weight is 341 g/mol. The van der Waals surface area contributed by atoms with Crippen molar-refractivity contribution in [3.05, 3.63) is 28.2 Å². The number of carboxylic acids is 1. The number of benzene rings is 1. The summed E-state index contributed by atoms with van der Waals surface area (Å²) in [4.78, 5) is 24.0. The number of hydrogen-bond acceptors (Lipinski definition) is 3. The summed E-state index contributed by atoms with van der Waals surface area (Å²) in [6.45, 7) is 1.70. The van der Waals surface area contributed by atoms with Crippen molar-refractivity contribution in [1.82, 2.24) is 0 Å². The molecule has 0 aliphatic carbocycles. The van der Waals surface area contributed by atoms with E-state index < -0.39 is 5.97 Å². The third kappa shape index (κ3) is 3.50. The molecule has 0 aromatic heterocycles. The first-order valence-electron chi connectivity index (χ1n) is 6.53. The maximum absolute atomic E-state index is 10.9. The van der Waals surface area contributed by atoms with Crippen LogP contribution in [-0.4, -0.2) is 30.1 Å². The van der Waals surface area contributed by atoms with E-state index in [-0.39, 0.29) is 11.5 Å². The summed E-state index contributed by atoms with van der Waals surface area (Å²) >= 11 is 3.43. The Morgan fingerprint density at radius 3 is 2.50 bits per heavy atom. The highest BCUT2D eigenvalue weighted by atomic mass is 79.9. The molecule has 1 aliphatic rings. The van der Waals surface area contributed by atoms with Crippen LogP contribution in [0, 0.1) is 5.92 Å². The first-order valence-corrected chi connectivity index (χ1v) is 7.32. The molecule has 5 nitrogen and oxygen atoms in total. The van der Waals surface area contributed by atoms with E-state index in [9.17, 15) is 9.59 Å². The van der Waals surface area contributed by atoms with Gasteiger partial charge in [-0.15, -0.1) is 0 Å². The van der Waals surface area contributed by atoms with Gasteiger partial charge in [-0.2, -0.15) is 0 Å². The monoisotopic (exact) mass is 340 g/mol. The minimum Gasteiger partial charge on any atom is -0.478 e. The normalized spacial score (nSPS) is 16.1. The van der Waals surface area contributed by atoms with Crippen LogP contribution in [0.1, 0.15) is 29.6 Å². The summed E-state index contributed by atoms with van der Waals surface area (Å²) in [7, 11) is 0. The smallest absolute Gasteiger partial charge is 0.335 e. The van der Waals surface area contributed by atoms with Crippen LogP contribution in [0.4, 0.5) is 5.69 Å². The molecule has 1 amide bonds. The second-order valence-electron chi connectivity index (χ2n) is 5.07. The van der Waals surface area contributed by atoms with Crippen molar-refractivity contribution in [2.75, 3.05) is 18.0 Å². The van der Waals surface area contributed by atoms with E-state index in [1.54, 1.807) is 12.1 Å². The molecule has 1 aromatic carbocycles. The predicted octanol–water partition coefficient (Wildman–Crippen LogP) is 2.24. The molecule has 20 heavy (non-hydrogen) atoms. The number of carbonyl (C=O) groups is 2. The third-order valence-electron chi connectivity index (χ3n) is 3.64. The molecule has 108 valence electrons. The Bertz CT molecular complexity index is 525. The van der Waals surface area contributed by atoms with E-state index in [0.717, 1.165) is 36.1 Å². The van der Waals surface area contributed by atoms with E-state index in [4.69, 9.17) is 10.8 Å². The Labute approximate surface area is 125 Å². The molecule has 1 aliphatic heterocycles. The van der Waals surface area contributed by atoms with Crippen LogP contribution in [-0.2, 0) is 4.79 Å². The van der Waals surface area contributed by atoms with E-state index in [0.29, 0.717) is 12.3 Å². The highest BCUT2D eigenvalue weighted by molar-refractivity contribution is 9.10. The summed E-state index contributed by atoms with van der Waals surface area (Å²) in [5.41, 5.74) is 6.48. The molecule has 1 aromatic rings. The molecule has 1 saturated heterocycles. The van der Waals surface area contributed by atoms with Crippen molar-refractivity contribution < 1.29 is 14.7 Å². The zero-order valence-corrected chi connectivity index (χ0v) is 12.6. The lowest BCUT2D eigenvalue weighted by atomic mass is 9.93. The first kappa shape index (κ1) is 14.8. The maximum atomic E-state index is 10.9. The highest BCUT2D eigenvalue weighted by Gasteiger charge is 2.22. The number of piperidine rings is 1. The number of aromatic carboxylic acids is 1. The minimum atomic E-state index is -0.933. The van der Waals surface area contributed by atoms with Crippen LogP contribution >= 0.6 is 15.9 Å². The van der Waals surface area contributed by atoms with Crippen LogP contribution < -0.4 is 10.6 Å². The third-order valence-corrected chi connectivity index (χ3v) is 4.27. The van der Waals surface area contributed by atoms with Gasteiger partial charge in [-0.05, 0) is 52.9 Å². The number of nitrogens with zero attached hydrogens (tertiary/aromatic N) is 1. The number of amides is 1. The molecule has 0 atom stereocenters. The van der Waals surface area contributed by atoms with Crippen LogP contribution in [0.2, 0.25) is 0 Å². The molecule has 0 spiro atoms. The molecule has 0 radical (unpaired) electrons. The molecule has 2 rings (SSSR count). The van der Waals surface area contributed by atoms with Crippen molar-refractivity contribution in [3.63, 3.8) is 0 Å². The topological polar surface area (TPSA) is 83.6 Å². The Balaban J connectivity index is 2.03. The molecule has 0 bridgehead atoms. The van der Waals surface area contributed by atoms with Gasteiger partial charge in [0.05, 0.1) is 11.3 Å². The van der Waals surface area contributed by atoms with Gasteiger partial charge >= 0.3 is 5.97 Å². The van der Waals surface area contributed by atoms with Gasteiger partial charge in [0.15, 0.2) is 0 Å². The Morgan fingerprint density at radius 1 is 1.35 bits per heavy atom. The highest BCUT2D eigenvalue weighted by Crippen LogP contribution is 2.31. The quantitative estimate of drug-likeness (QED) is 0.880. The fraction of sp³-hybridized carbons (Fsp3) is 0.429. The molecule has 6 heteroatoms. The van der Waals surface area contributed by atoms with Crippen LogP contribution in [0.25, 0.3) is 0 Å². The van der Waals surface area contributed by atoms with Gasteiger partial charge in [0.1, 0.15) is 0 Å². The SMILES string of the molecule is NC(=O)CC1CCN(c2ccc(C(=O)O)cc2Br)CC1. The lowest BCUT2D eigenvalue weighted by molar-refractivity contribution is -0.119. The molecule has 1 fully saturated rings. The van der Waals surface area contributed by atoms with Crippen molar-refractivity contribution in [2.45, 2.75) is 19.3 Å². The number of halogens is 1. The van der Waals surface area contributed by atoms with Crippen LogP contribution in [0.15, 0.2) is 22.7 Å². The zero-order valence-electron chi connectivity index (χ0n) is 11.0. The van der Waals surface area contributed by atoms with Crippen molar-refractivity contribution in [2.24, 2.45) is 11.7 Å². The summed E-state index contributed by atoms with van der Waals surface area (Å²) in [5, 5.41) is 8.95. The van der Waals surface area contributed by atoms with Crippen molar-refractivity contribution in [1.29, 1.82) is 0 Å². The Morgan fingerprint density at radius 2 is 2.00 bits per heavy atom. The van der Waals surface area contributed by atoms with Crippen molar-refractivity contribution >= 4 is 33.5 Å². The van der Waals surface area contributed by atoms with Gasteiger partial charge in [-0.25, -0.2) is 4.79 Å².